The van der Waals surface area contributed by atoms with E-state index in [4.69, 9.17) is 4.74 Å². The molecule has 8 nitrogen and oxygen atoms in total. The van der Waals surface area contributed by atoms with Crippen molar-refractivity contribution >= 4 is 27.5 Å². The van der Waals surface area contributed by atoms with E-state index in [0.717, 1.165) is 12.8 Å². The van der Waals surface area contributed by atoms with Gasteiger partial charge in [0, 0.05) is 18.6 Å². The zero-order chi connectivity index (χ0) is 25.1. The molecule has 0 saturated carbocycles. The highest BCUT2D eigenvalue weighted by Crippen LogP contribution is 2.28. The monoisotopic (exact) mass is 487 g/mol. The smallest absolute Gasteiger partial charge is 0.261 e. The second-order valence-corrected chi connectivity index (χ2v) is 11.4. The Balaban J connectivity index is 1.91. The van der Waals surface area contributed by atoms with E-state index in [0.29, 0.717) is 24.8 Å². The van der Waals surface area contributed by atoms with Gasteiger partial charge in [-0.2, -0.15) is 0 Å². The lowest BCUT2D eigenvalue weighted by atomic mass is 9.98. The summed E-state index contributed by atoms with van der Waals surface area (Å²) in [6, 6.07) is 10.6. The van der Waals surface area contributed by atoms with Crippen molar-refractivity contribution in [1.82, 2.24) is 10.2 Å². The molecule has 3 rings (SSSR count). The van der Waals surface area contributed by atoms with Gasteiger partial charge in [0.1, 0.15) is 5.75 Å². The summed E-state index contributed by atoms with van der Waals surface area (Å²) in [5, 5.41) is 2.84. The van der Waals surface area contributed by atoms with Gasteiger partial charge < -0.3 is 15.0 Å². The number of nitrogens with zero attached hydrogens (tertiary/aromatic N) is 1. The molecule has 9 heteroatoms. The van der Waals surface area contributed by atoms with Gasteiger partial charge in [-0.1, -0.05) is 19.1 Å². The number of amides is 2. The van der Waals surface area contributed by atoms with Crippen LogP contribution in [0.15, 0.2) is 47.4 Å². The highest BCUT2D eigenvalue weighted by Gasteiger charge is 2.27. The number of carbonyl (C=O) groups excluding carboxylic acids is 2. The number of sulfonamides is 1. The number of para-hydroxylation sites is 1. The molecule has 1 fully saturated rings. The third-order valence-electron chi connectivity index (χ3n) is 5.69. The van der Waals surface area contributed by atoms with Crippen molar-refractivity contribution in [2.75, 3.05) is 24.9 Å². The fourth-order valence-corrected chi connectivity index (χ4v) is 4.89. The number of hydrogen-bond acceptors (Lipinski definition) is 5. The number of benzene rings is 2. The second-order valence-electron chi connectivity index (χ2n) is 9.69. The molecule has 0 radical (unpaired) electrons. The molecule has 1 aliphatic heterocycles. The number of hydrogen-bond donors (Lipinski definition) is 2. The molecule has 0 aliphatic carbocycles. The maximum absolute atomic E-state index is 13.2. The lowest BCUT2D eigenvalue weighted by molar-refractivity contribution is 0.0693. The van der Waals surface area contributed by atoms with Crippen LogP contribution in [-0.2, 0) is 10.0 Å². The molecular weight excluding hydrogens is 454 g/mol. The predicted octanol–water partition coefficient (Wildman–Crippen LogP) is 3.90. The van der Waals surface area contributed by atoms with Gasteiger partial charge in [0.05, 0.1) is 28.8 Å². The Morgan fingerprint density at radius 2 is 1.68 bits per heavy atom. The van der Waals surface area contributed by atoms with Crippen LogP contribution in [0.1, 0.15) is 61.3 Å². The first-order valence-corrected chi connectivity index (χ1v) is 12.8. The van der Waals surface area contributed by atoms with E-state index in [1.807, 2.05) is 20.8 Å². The first kappa shape index (κ1) is 25.6. The van der Waals surface area contributed by atoms with E-state index in [-0.39, 0.29) is 27.6 Å². The van der Waals surface area contributed by atoms with Gasteiger partial charge in [0.15, 0.2) is 0 Å². The van der Waals surface area contributed by atoms with Crippen molar-refractivity contribution in [3.05, 3.63) is 53.6 Å². The Morgan fingerprint density at radius 3 is 2.29 bits per heavy atom. The van der Waals surface area contributed by atoms with E-state index in [1.54, 1.807) is 23.1 Å². The summed E-state index contributed by atoms with van der Waals surface area (Å²) in [6.45, 7) is 8.92. The van der Waals surface area contributed by atoms with E-state index in [2.05, 4.69) is 17.0 Å². The summed E-state index contributed by atoms with van der Waals surface area (Å²) in [6.07, 6.45) is 1.81. The van der Waals surface area contributed by atoms with Gasteiger partial charge in [0.25, 0.3) is 21.8 Å². The molecule has 2 aromatic carbocycles. The number of anilines is 1. The summed E-state index contributed by atoms with van der Waals surface area (Å²) in [5.74, 6) is 0.214. The van der Waals surface area contributed by atoms with Crippen LogP contribution in [0.25, 0.3) is 0 Å². The predicted molar refractivity (Wildman–Crippen MR) is 132 cm³/mol. The van der Waals surface area contributed by atoms with Crippen molar-refractivity contribution in [1.29, 1.82) is 0 Å². The van der Waals surface area contributed by atoms with Crippen LogP contribution in [0, 0.1) is 5.92 Å². The van der Waals surface area contributed by atoms with Crippen LogP contribution in [0.5, 0.6) is 5.75 Å². The molecule has 0 atom stereocenters. The Kier molecular flexibility index (Phi) is 7.55. The zero-order valence-corrected chi connectivity index (χ0v) is 21.2. The highest BCUT2D eigenvalue weighted by molar-refractivity contribution is 7.92. The van der Waals surface area contributed by atoms with E-state index >= 15 is 0 Å². The molecule has 1 aliphatic rings. The minimum atomic E-state index is -4.09. The average Bonchev–Trinajstić information content (AvgIpc) is 2.77. The molecule has 1 saturated heterocycles. The fourth-order valence-electron chi connectivity index (χ4n) is 3.79. The molecule has 184 valence electrons. The molecule has 2 amide bonds. The van der Waals surface area contributed by atoms with Crippen molar-refractivity contribution in [2.24, 2.45) is 5.92 Å². The Hall–Kier alpha value is -3.07. The number of rotatable bonds is 6. The maximum Gasteiger partial charge on any atom is 0.261 e. The van der Waals surface area contributed by atoms with Crippen LogP contribution in [-0.4, -0.2) is 50.9 Å². The summed E-state index contributed by atoms with van der Waals surface area (Å²) in [4.78, 5) is 27.5. The zero-order valence-electron chi connectivity index (χ0n) is 20.3. The largest absolute Gasteiger partial charge is 0.496 e. The number of methoxy groups -OCH3 is 1. The maximum atomic E-state index is 13.2. The number of carbonyl (C=O) groups is 2. The fraction of sp³-hybridized carbons (Fsp3) is 0.440. The summed E-state index contributed by atoms with van der Waals surface area (Å²) in [7, 11) is -2.64. The minimum absolute atomic E-state index is 0.0898. The average molecular weight is 488 g/mol. The molecule has 0 aromatic heterocycles. The van der Waals surface area contributed by atoms with Crippen molar-refractivity contribution < 1.29 is 22.7 Å². The molecular formula is C25H33N3O5S. The summed E-state index contributed by atoms with van der Waals surface area (Å²) < 4.78 is 34.3. The lowest BCUT2D eigenvalue weighted by Gasteiger charge is -2.30. The number of likely N-dealkylation sites (tertiary alicyclic amines) is 1. The first-order valence-electron chi connectivity index (χ1n) is 11.3. The van der Waals surface area contributed by atoms with Crippen LogP contribution in [0.2, 0.25) is 0 Å². The quantitative estimate of drug-likeness (QED) is 0.643. The van der Waals surface area contributed by atoms with Gasteiger partial charge >= 0.3 is 0 Å². The van der Waals surface area contributed by atoms with Gasteiger partial charge in [-0.15, -0.1) is 0 Å². The molecule has 0 unspecified atom stereocenters. The summed E-state index contributed by atoms with van der Waals surface area (Å²) >= 11 is 0. The Bertz CT molecular complexity index is 1160. The molecule has 0 bridgehead atoms. The minimum Gasteiger partial charge on any atom is -0.496 e. The molecule has 1 heterocycles. The van der Waals surface area contributed by atoms with E-state index in [9.17, 15) is 18.0 Å². The van der Waals surface area contributed by atoms with Gasteiger partial charge in [0.2, 0.25) is 0 Å². The second kappa shape index (κ2) is 10.0. The molecule has 2 N–H and O–H groups in total. The summed E-state index contributed by atoms with van der Waals surface area (Å²) in [5.41, 5.74) is 0.0606. The van der Waals surface area contributed by atoms with Crippen LogP contribution in [0.4, 0.5) is 5.69 Å². The standard InChI is InChI=1S/C25H33N3O5S/c1-17-12-14-28(15-13-17)24(30)20-16-18(10-11-22(20)33-5)34(31,32)27-21-9-7-6-8-19(21)23(29)26-25(2,3)4/h6-11,16-17,27H,12-15H2,1-5H3,(H,26,29). The Morgan fingerprint density at radius 1 is 1.03 bits per heavy atom. The van der Waals surface area contributed by atoms with Crippen LogP contribution >= 0.6 is 0 Å². The third kappa shape index (κ3) is 6.08. The van der Waals surface area contributed by atoms with E-state index in [1.165, 1.54) is 31.4 Å². The lowest BCUT2D eigenvalue weighted by Crippen LogP contribution is -2.40. The molecule has 34 heavy (non-hydrogen) atoms. The normalized spacial score (nSPS) is 15.0. The van der Waals surface area contributed by atoms with Crippen LogP contribution < -0.4 is 14.8 Å². The van der Waals surface area contributed by atoms with Gasteiger partial charge in [-0.25, -0.2) is 8.42 Å². The van der Waals surface area contributed by atoms with Gasteiger partial charge in [-0.05, 0) is 69.9 Å². The Labute approximate surface area is 201 Å². The first-order chi connectivity index (χ1) is 15.9. The SMILES string of the molecule is COc1ccc(S(=O)(=O)Nc2ccccc2C(=O)NC(C)(C)C)cc1C(=O)N1CCC(C)CC1. The van der Waals surface area contributed by atoms with Crippen molar-refractivity contribution in [3.8, 4) is 5.75 Å². The van der Waals surface area contributed by atoms with Crippen molar-refractivity contribution in [3.63, 3.8) is 0 Å². The molecule has 0 spiro atoms. The van der Waals surface area contributed by atoms with Crippen LogP contribution in [0.3, 0.4) is 0 Å². The number of ether oxygens (including phenoxy) is 1. The topological polar surface area (TPSA) is 105 Å². The van der Waals surface area contributed by atoms with E-state index < -0.39 is 21.5 Å². The number of piperidine rings is 1. The highest BCUT2D eigenvalue weighted by atomic mass is 32.2. The van der Waals surface area contributed by atoms with Crippen molar-refractivity contribution in [2.45, 2.75) is 51.0 Å². The molecule has 2 aromatic rings. The van der Waals surface area contributed by atoms with Gasteiger partial charge in [-0.3, -0.25) is 14.3 Å². The number of nitrogens with one attached hydrogen (secondary N) is 2. The third-order valence-corrected chi connectivity index (χ3v) is 7.05.